The summed E-state index contributed by atoms with van der Waals surface area (Å²) >= 11 is 1.35. The predicted octanol–water partition coefficient (Wildman–Crippen LogP) is 2.65. The summed E-state index contributed by atoms with van der Waals surface area (Å²) in [4.78, 5) is 38.8. The van der Waals surface area contributed by atoms with Gasteiger partial charge >= 0.3 is 5.97 Å². The summed E-state index contributed by atoms with van der Waals surface area (Å²) in [6.45, 7) is 2.61. The number of aliphatic carboxylic acids is 1. The molecule has 1 aliphatic rings. The van der Waals surface area contributed by atoms with E-state index in [1.54, 1.807) is 30.3 Å². The average molecular weight is 386 g/mol. The van der Waals surface area contributed by atoms with Crippen LogP contribution in [-0.4, -0.2) is 52.8 Å². The number of carboxylic acids is 1. The Hall–Kier alpha value is -2.51. The Kier molecular flexibility index (Phi) is 6.03. The van der Waals surface area contributed by atoms with Gasteiger partial charge in [0.25, 0.3) is 5.91 Å². The molecule has 2 aromatic rings. The van der Waals surface area contributed by atoms with Gasteiger partial charge in [-0.05, 0) is 36.9 Å². The molecule has 6 nitrogen and oxygen atoms in total. The highest BCUT2D eigenvalue weighted by Gasteiger charge is 2.35. The van der Waals surface area contributed by atoms with Crippen molar-refractivity contribution in [2.75, 3.05) is 13.1 Å². The molecule has 1 saturated carbocycles. The molecule has 1 aromatic heterocycles. The third kappa shape index (κ3) is 4.43. The monoisotopic (exact) mass is 386 g/mol. The zero-order valence-electron chi connectivity index (χ0n) is 15.1. The summed E-state index contributed by atoms with van der Waals surface area (Å²) in [5, 5.41) is 13.8. The lowest BCUT2D eigenvalue weighted by Gasteiger charge is -2.42. The molecule has 27 heavy (non-hydrogen) atoms. The lowest BCUT2D eigenvalue weighted by Crippen LogP contribution is -2.54. The number of thiophene rings is 1. The quantitative estimate of drug-likeness (QED) is 0.681. The van der Waals surface area contributed by atoms with Crippen LogP contribution in [0.25, 0.3) is 0 Å². The lowest BCUT2D eigenvalue weighted by atomic mass is 9.85. The van der Waals surface area contributed by atoms with Gasteiger partial charge in [-0.15, -0.1) is 11.3 Å². The van der Waals surface area contributed by atoms with Crippen molar-refractivity contribution in [3.8, 4) is 0 Å². The largest absolute Gasteiger partial charge is 0.480 e. The maximum Gasteiger partial charge on any atom is 0.317 e. The Bertz CT molecular complexity index is 828. The Balaban J connectivity index is 1.63. The average Bonchev–Trinajstić information content (AvgIpc) is 3.16. The van der Waals surface area contributed by atoms with Gasteiger partial charge in [0.15, 0.2) is 0 Å². The van der Waals surface area contributed by atoms with Crippen LogP contribution in [0.1, 0.15) is 45.4 Å². The molecule has 0 bridgehead atoms. The van der Waals surface area contributed by atoms with Crippen molar-refractivity contribution in [1.29, 1.82) is 0 Å². The Labute approximate surface area is 161 Å². The number of benzene rings is 1. The molecule has 2 N–H and O–H groups in total. The van der Waals surface area contributed by atoms with Crippen LogP contribution in [0.15, 0.2) is 41.8 Å². The summed E-state index contributed by atoms with van der Waals surface area (Å²) < 4.78 is 0. The summed E-state index contributed by atoms with van der Waals surface area (Å²) in [5.41, 5.74) is 0.770. The zero-order chi connectivity index (χ0) is 19.4. The molecule has 7 heteroatoms. The van der Waals surface area contributed by atoms with Crippen molar-refractivity contribution in [2.24, 2.45) is 0 Å². The predicted molar refractivity (Wildman–Crippen MR) is 103 cm³/mol. The minimum atomic E-state index is -0.842. The van der Waals surface area contributed by atoms with Crippen LogP contribution in [-0.2, 0) is 4.79 Å². The van der Waals surface area contributed by atoms with E-state index in [2.05, 4.69) is 5.32 Å². The number of hydrogen-bond acceptors (Lipinski definition) is 5. The van der Waals surface area contributed by atoms with E-state index in [-0.39, 0.29) is 30.3 Å². The van der Waals surface area contributed by atoms with Gasteiger partial charge in [0.2, 0.25) is 5.78 Å². The van der Waals surface area contributed by atoms with Crippen LogP contribution in [0.5, 0.6) is 0 Å². The number of carbonyl (C=O) groups excluding carboxylic acids is 2. The van der Waals surface area contributed by atoms with Crippen molar-refractivity contribution in [3.63, 3.8) is 0 Å². The number of nitrogens with one attached hydrogen (secondary N) is 1. The molecule has 1 amide bonds. The van der Waals surface area contributed by atoms with Gasteiger partial charge < -0.3 is 10.4 Å². The van der Waals surface area contributed by atoms with Gasteiger partial charge in [-0.25, -0.2) is 0 Å². The first-order valence-electron chi connectivity index (χ1n) is 8.93. The first kappa shape index (κ1) is 19.3. The Morgan fingerprint density at radius 3 is 2.44 bits per heavy atom. The smallest absolute Gasteiger partial charge is 0.317 e. The van der Waals surface area contributed by atoms with Crippen molar-refractivity contribution in [2.45, 2.75) is 31.8 Å². The molecule has 3 rings (SSSR count). The number of nitrogens with zero attached hydrogens (tertiary/aromatic N) is 1. The van der Waals surface area contributed by atoms with Crippen LogP contribution >= 0.6 is 11.3 Å². The molecule has 142 valence electrons. The van der Waals surface area contributed by atoms with Gasteiger partial charge in [0, 0.05) is 17.6 Å². The molecular weight excluding hydrogens is 364 g/mol. The molecule has 1 fully saturated rings. The van der Waals surface area contributed by atoms with Crippen LogP contribution in [0, 0.1) is 0 Å². The van der Waals surface area contributed by atoms with Gasteiger partial charge in [-0.1, -0.05) is 31.2 Å². The second-order valence-corrected chi connectivity index (χ2v) is 7.55. The SMILES string of the molecule is CCN(CC(=O)O)C1CC(NC(=O)c2ccccc2C(=O)c2cccs2)C1. The zero-order valence-corrected chi connectivity index (χ0v) is 15.9. The molecule has 0 aliphatic heterocycles. The topological polar surface area (TPSA) is 86.7 Å². The van der Waals surface area contributed by atoms with Crippen LogP contribution in [0.3, 0.4) is 0 Å². The minimum absolute atomic E-state index is 0.00441. The summed E-state index contributed by atoms with van der Waals surface area (Å²) in [7, 11) is 0. The first-order chi connectivity index (χ1) is 13.0. The van der Waals surface area contributed by atoms with Crippen molar-refractivity contribution < 1.29 is 19.5 Å². The number of likely N-dealkylation sites (N-methyl/N-ethyl adjacent to an activating group) is 1. The van der Waals surface area contributed by atoms with Gasteiger partial charge in [0.1, 0.15) is 0 Å². The van der Waals surface area contributed by atoms with E-state index >= 15 is 0 Å². The summed E-state index contributed by atoms with van der Waals surface area (Å²) in [5.74, 6) is -1.26. The van der Waals surface area contributed by atoms with Gasteiger partial charge in [-0.3, -0.25) is 19.3 Å². The normalized spacial score (nSPS) is 18.7. The van der Waals surface area contributed by atoms with Crippen LogP contribution < -0.4 is 5.32 Å². The maximum absolute atomic E-state index is 12.7. The number of hydrogen-bond donors (Lipinski definition) is 2. The fourth-order valence-corrected chi connectivity index (χ4v) is 4.04. The molecule has 1 aromatic carbocycles. The minimum Gasteiger partial charge on any atom is -0.480 e. The summed E-state index contributed by atoms with van der Waals surface area (Å²) in [6.07, 6.45) is 1.43. The molecule has 1 heterocycles. The van der Waals surface area contributed by atoms with Gasteiger partial charge in [-0.2, -0.15) is 0 Å². The maximum atomic E-state index is 12.7. The molecule has 0 saturated heterocycles. The number of rotatable bonds is 8. The van der Waals surface area contributed by atoms with Crippen LogP contribution in [0.4, 0.5) is 0 Å². The van der Waals surface area contributed by atoms with E-state index in [0.29, 0.717) is 35.4 Å². The fraction of sp³-hybridized carbons (Fsp3) is 0.350. The molecule has 1 aliphatic carbocycles. The summed E-state index contributed by atoms with van der Waals surface area (Å²) in [6, 6.07) is 10.6. The third-order valence-electron chi connectivity index (χ3n) is 4.87. The Morgan fingerprint density at radius 1 is 1.15 bits per heavy atom. The molecule has 0 atom stereocenters. The van der Waals surface area contributed by atoms with E-state index in [9.17, 15) is 14.4 Å². The van der Waals surface area contributed by atoms with E-state index in [4.69, 9.17) is 5.11 Å². The lowest BCUT2D eigenvalue weighted by molar-refractivity contribution is -0.139. The first-order valence-corrected chi connectivity index (χ1v) is 9.81. The second-order valence-electron chi connectivity index (χ2n) is 6.60. The molecular formula is C20H22N2O4S. The number of ketones is 1. The third-order valence-corrected chi connectivity index (χ3v) is 5.74. The molecule has 0 radical (unpaired) electrons. The molecule has 0 unspecified atom stereocenters. The number of amides is 1. The van der Waals surface area contributed by atoms with Crippen molar-refractivity contribution >= 4 is 29.0 Å². The van der Waals surface area contributed by atoms with E-state index in [1.165, 1.54) is 11.3 Å². The van der Waals surface area contributed by atoms with E-state index in [1.807, 2.05) is 23.3 Å². The fourth-order valence-electron chi connectivity index (χ4n) is 3.36. The van der Waals surface area contributed by atoms with Crippen LogP contribution in [0.2, 0.25) is 0 Å². The van der Waals surface area contributed by atoms with Gasteiger partial charge in [0.05, 0.1) is 17.0 Å². The van der Waals surface area contributed by atoms with E-state index in [0.717, 1.165) is 0 Å². The molecule has 0 spiro atoms. The van der Waals surface area contributed by atoms with Crippen molar-refractivity contribution in [3.05, 3.63) is 57.8 Å². The Morgan fingerprint density at radius 2 is 1.85 bits per heavy atom. The highest BCUT2D eigenvalue weighted by atomic mass is 32.1. The second kappa shape index (κ2) is 8.45. The number of carbonyl (C=O) groups is 3. The van der Waals surface area contributed by atoms with E-state index < -0.39 is 5.97 Å². The highest BCUT2D eigenvalue weighted by molar-refractivity contribution is 7.12. The van der Waals surface area contributed by atoms with Crippen molar-refractivity contribution in [1.82, 2.24) is 10.2 Å². The highest BCUT2D eigenvalue weighted by Crippen LogP contribution is 2.26. The standard InChI is InChI=1S/C20H22N2O4S/c1-2-22(12-18(23)24)14-10-13(11-14)21-20(26)16-7-4-3-6-15(16)19(25)17-8-5-9-27-17/h3-9,13-14H,2,10-12H2,1H3,(H,21,26)(H,23,24). The number of carboxylic acid groups (broad SMARTS) is 1.